The van der Waals surface area contributed by atoms with Gasteiger partial charge in [0.05, 0.1) is 6.04 Å². The molecule has 1 amide bonds. The molecule has 0 unspecified atom stereocenters. The molecule has 1 N–H and O–H groups in total. The minimum atomic E-state index is -2.93. The summed E-state index contributed by atoms with van der Waals surface area (Å²) in [6.45, 7) is -2.93. The van der Waals surface area contributed by atoms with E-state index >= 15 is 0 Å². The Balaban J connectivity index is 1.84. The fourth-order valence-corrected chi connectivity index (χ4v) is 3.25. The molecule has 0 aliphatic heterocycles. The second-order valence-corrected chi connectivity index (χ2v) is 6.22. The number of alkyl halides is 2. The smallest absolute Gasteiger partial charge is 0.387 e. The summed E-state index contributed by atoms with van der Waals surface area (Å²) in [6.07, 6.45) is 0. The lowest BCUT2D eigenvalue weighted by atomic mass is 10.0. The summed E-state index contributed by atoms with van der Waals surface area (Å²) in [7, 11) is 0. The summed E-state index contributed by atoms with van der Waals surface area (Å²) in [5.74, 6) is -0.406. The Morgan fingerprint density at radius 1 is 1.00 bits per heavy atom. The van der Waals surface area contributed by atoms with Crippen LogP contribution >= 0.6 is 11.3 Å². The van der Waals surface area contributed by atoms with Crippen LogP contribution in [0.15, 0.2) is 72.1 Å². The Kier molecular flexibility index (Phi) is 5.40. The largest absolute Gasteiger partial charge is 0.435 e. The Labute approximate surface area is 147 Å². The Hall–Kier alpha value is -2.73. The van der Waals surface area contributed by atoms with Crippen LogP contribution in [-0.2, 0) is 0 Å². The van der Waals surface area contributed by atoms with E-state index in [-0.39, 0.29) is 23.3 Å². The average molecular weight is 359 g/mol. The first-order chi connectivity index (χ1) is 12.1. The molecule has 128 valence electrons. The van der Waals surface area contributed by atoms with Crippen molar-refractivity contribution in [2.75, 3.05) is 0 Å². The molecule has 3 aromatic rings. The number of rotatable bonds is 6. The van der Waals surface area contributed by atoms with Gasteiger partial charge in [0.2, 0.25) is 0 Å². The van der Waals surface area contributed by atoms with Crippen molar-refractivity contribution in [3.8, 4) is 5.75 Å². The van der Waals surface area contributed by atoms with Crippen molar-refractivity contribution in [2.24, 2.45) is 0 Å². The molecule has 0 bridgehead atoms. The van der Waals surface area contributed by atoms with Gasteiger partial charge in [0.25, 0.3) is 5.91 Å². The first-order valence-corrected chi connectivity index (χ1v) is 8.45. The van der Waals surface area contributed by atoms with Crippen LogP contribution in [0.2, 0.25) is 0 Å². The van der Waals surface area contributed by atoms with Crippen LogP contribution in [0.1, 0.15) is 26.8 Å². The molecular formula is C19H15F2NO2S. The highest BCUT2D eigenvalue weighted by Crippen LogP contribution is 2.26. The first-order valence-electron chi connectivity index (χ1n) is 7.57. The maximum absolute atomic E-state index is 12.6. The highest BCUT2D eigenvalue weighted by atomic mass is 32.1. The number of carbonyl (C=O) groups is 1. The van der Waals surface area contributed by atoms with Crippen LogP contribution in [0.5, 0.6) is 5.75 Å². The second kappa shape index (κ2) is 7.90. The molecule has 1 heterocycles. The van der Waals surface area contributed by atoms with Gasteiger partial charge in [0.15, 0.2) is 0 Å². The van der Waals surface area contributed by atoms with E-state index in [9.17, 15) is 13.6 Å². The maximum Gasteiger partial charge on any atom is 0.387 e. The van der Waals surface area contributed by atoms with Crippen molar-refractivity contribution >= 4 is 17.2 Å². The van der Waals surface area contributed by atoms with Gasteiger partial charge in [0, 0.05) is 10.4 Å². The number of halogens is 2. The Morgan fingerprint density at radius 2 is 1.80 bits per heavy atom. The minimum absolute atomic E-state index is 0.0463. The van der Waals surface area contributed by atoms with E-state index in [0.717, 1.165) is 10.4 Å². The van der Waals surface area contributed by atoms with Crippen LogP contribution in [0.3, 0.4) is 0 Å². The highest BCUT2D eigenvalue weighted by molar-refractivity contribution is 7.10. The van der Waals surface area contributed by atoms with E-state index in [4.69, 9.17) is 0 Å². The molecule has 0 radical (unpaired) electrons. The molecule has 1 atom stereocenters. The quantitative estimate of drug-likeness (QED) is 0.682. The molecule has 1 aromatic heterocycles. The summed E-state index contributed by atoms with van der Waals surface area (Å²) in [5, 5.41) is 4.90. The van der Waals surface area contributed by atoms with E-state index < -0.39 is 6.61 Å². The lowest BCUT2D eigenvalue weighted by Crippen LogP contribution is -2.28. The van der Waals surface area contributed by atoms with Crippen molar-refractivity contribution in [1.82, 2.24) is 5.32 Å². The second-order valence-electron chi connectivity index (χ2n) is 5.24. The summed E-state index contributed by atoms with van der Waals surface area (Å²) in [4.78, 5) is 13.6. The fourth-order valence-electron chi connectivity index (χ4n) is 2.45. The van der Waals surface area contributed by atoms with Gasteiger partial charge in [-0.15, -0.1) is 11.3 Å². The molecule has 2 aromatic carbocycles. The lowest BCUT2D eigenvalue weighted by molar-refractivity contribution is -0.0498. The van der Waals surface area contributed by atoms with E-state index in [1.54, 1.807) is 6.07 Å². The number of nitrogens with one attached hydrogen (secondary N) is 1. The van der Waals surface area contributed by atoms with Gasteiger partial charge in [0.1, 0.15) is 5.75 Å². The van der Waals surface area contributed by atoms with Crippen LogP contribution in [0, 0.1) is 0 Å². The average Bonchev–Trinajstić information content (AvgIpc) is 3.14. The van der Waals surface area contributed by atoms with Crippen molar-refractivity contribution < 1.29 is 18.3 Å². The molecule has 6 heteroatoms. The molecule has 0 saturated carbocycles. The maximum atomic E-state index is 12.6. The van der Waals surface area contributed by atoms with Gasteiger partial charge in [-0.2, -0.15) is 8.78 Å². The van der Waals surface area contributed by atoms with E-state index in [1.807, 2.05) is 47.8 Å². The zero-order valence-corrected chi connectivity index (χ0v) is 13.9. The SMILES string of the molecule is O=C(N[C@@H](c1ccccc1)c1cccs1)c1cccc(OC(F)F)c1. The number of thiophene rings is 1. The monoisotopic (exact) mass is 359 g/mol. The standard InChI is InChI=1S/C19H15F2NO2S/c20-19(21)24-15-9-4-8-14(12-15)18(23)22-17(16-10-5-11-25-16)13-6-2-1-3-7-13/h1-12,17,19H,(H,22,23)/t17-/m0/s1. The van der Waals surface area contributed by atoms with Crippen LogP contribution in [0.4, 0.5) is 8.78 Å². The Bertz CT molecular complexity index is 822. The normalized spacial score (nSPS) is 12.0. The van der Waals surface area contributed by atoms with Crippen LogP contribution in [0.25, 0.3) is 0 Å². The third-order valence-electron chi connectivity index (χ3n) is 3.56. The van der Waals surface area contributed by atoms with E-state index in [1.165, 1.54) is 29.5 Å². The molecule has 0 aliphatic rings. The summed E-state index contributed by atoms with van der Waals surface area (Å²) >= 11 is 1.54. The molecule has 0 spiro atoms. The number of hydrogen-bond acceptors (Lipinski definition) is 3. The number of benzene rings is 2. The van der Waals surface area contributed by atoms with Crippen LogP contribution < -0.4 is 10.1 Å². The topological polar surface area (TPSA) is 38.3 Å². The molecule has 0 saturated heterocycles. The molecular weight excluding hydrogens is 344 g/mol. The summed E-state index contributed by atoms with van der Waals surface area (Å²) in [5.41, 5.74) is 1.20. The minimum Gasteiger partial charge on any atom is -0.435 e. The predicted octanol–water partition coefficient (Wildman–Crippen LogP) is 4.87. The van der Waals surface area contributed by atoms with Gasteiger partial charge in [-0.1, -0.05) is 42.5 Å². The fraction of sp³-hybridized carbons (Fsp3) is 0.105. The molecule has 25 heavy (non-hydrogen) atoms. The van der Waals surface area contributed by atoms with E-state index in [0.29, 0.717) is 0 Å². The molecule has 3 rings (SSSR count). The van der Waals surface area contributed by atoms with Gasteiger partial charge < -0.3 is 10.1 Å². The Morgan fingerprint density at radius 3 is 2.48 bits per heavy atom. The number of carbonyl (C=O) groups excluding carboxylic acids is 1. The van der Waals surface area contributed by atoms with Crippen molar-refractivity contribution in [3.63, 3.8) is 0 Å². The predicted molar refractivity (Wildman–Crippen MR) is 93.1 cm³/mol. The first kappa shape index (κ1) is 17.1. The summed E-state index contributed by atoms with van der Waals surface area (Å²) < 4.78 is 29.1. The van der Waals surface area contributed by atoms with Gasteiger partial charge in [-0.05, 0) is 35.2 Å². The van der Waals surface area contributed by atoms with Crippen molar-refractivity contribution in [3.05, 3.63) is 88.1 Å². The van der Waals surface area contributed by atoms with Gasteiger partial charge >= 0.3 is 6.61 Å². The number of hydrogen-bond donors (Lipinski definition) is 1. The third-order valence-corrected chi connectivity index (χ3v) is 4.49. The molecule has 0 aliphatic carbocycles. The van der Waals surface area contributed by atoms with Crippen molar-refractivity contribution in [2.45, 2.75) is 12.7 Å². The zero-order chi connectivity index (χ0) is 17.6. The van der Waals surface area contributed by atoms with Crippen molar-refractivity contribution in [1.29, 1.82) is 0 Å². The van der Waals surface area contributed by atoms with E-state index in [2.05, 4.69) is 10.1 Å². The highest BCUT2D eigenvalue weighted by Gasteiger charge is 2.19. The zero-order valence-electron chi connectivity index (χ0n) is 13.1. The number of ether oxygens (including phenoxy) is 1. The van der Waals surface area contributed by atoms with Crippen LogP contribution in [-0.4, -0.2) is 12.5 Å². The molecule has 3 nitrogen and oxygen atoms in total. The lowest BCUT2D eigenvalue weighted by Gasteiger charge is -2.18. The summed E-state index contributed by atoms with van der Waals surface area (Å²) in [6, 6.07) is 18.9. The van der Waals surface area contributed by atoms with Gasteiger partial charge in [-0.3, -0.25) is 4.79 Å². The number of amides is 1. The third kappa shape index (κ3) is 4.42. The van der Waals surface area contributed by atoms with Gasteiger partial charge in [-0.25, -0.2) is 0 Å². The molecule has 0 fully saturated rings.